The van der Waals surface area contributed by atoms with Crippen molar-refractivity contribution in [3.63, 3.8) is 0 Å². The molecule has 0 bridgehead atoms. The summed E-state index contributed by atoms with van der Waals surface area (Å²) in [4.78, 5) is 15.6. The minimum absolute atomic E-state index is 0.159. The van der Waals surface area contributed by atoms with Crippen LogP contribution in [0.1, 0.15) is 15.9 Å². The molecule has 0 saturated carbocycles. The zero-order valence-electron chi connectivity index (χ0n) is 11.4. The average Bonchev–Trinajstić information content (AvgIpc) is 2.85. The topological polar surface area (TPSA) is 70.9 Å². The van der Waals surface area contributed by atoms with Crippen molar-refractivity contribution in [3.05, 3.63) is 58.2 Å². The first kappa shape index (κ1) is 13.7. The van der Waals surface area contributed by atoms with Gasteiger partial charge in [-0.25, -0.2) is 0 Å². The van der Waals surface area contributed by atoms with Crippen LogP contribution in [0.4, 0.5) is 11.4 Å². The average molecular weight is 344 g/mol. The van der Waals surface area contributed by atoms with Gasteiger partial charge in [-0.1, -0.05) is 22.0 Å². The van der Waals surface area contributed by atoms with Crippen LogP contribution >= 0.6 is 15.9 Å². The van der Waals surface area contributed by atoms with Gasteiger partial charge in [0.15, 0.2) is 0 Å². The van der Waals surface area contributed by atoms with Crippen molar-refractivity contribution < 1.29 is 4.79 Å². The van der Waals surface area contributed by atoms with Crippen molar-refractivity contribution in [3.8, 4) is 0 Å². The van der Waals surface area contributed by atoms with Gasteiger partial charge in [0, 0.05) is 32.9 Å². The Morgan fingerprint density at radius 3 is 2.86 bits per heavy atom. The molecule has 2 aromatic carbocycles. The smallest absolute Gasteiger partial charge is 0.257 e. The molecule has 106 valence electrons. The number of nitrogens with one attached hydrogen (secondary N) is 2. The van der Waals surface area contributed by atoms with E-state index in [9.17, 15) is 4.79 Å². The highest BCUT2D eigenvalue weighted by molar-refractivity contribution is 9.10. The normalized spacial score (nSPS) is 10.8. The van der Waals surface area contributed by atoms with Crippen LogP contribution in [0.25, 0.3) is 10.9 Å². The second-order valence-corrected chi connectivity index (χ2v) is 5.84. The van der Waals surface area contributed by atoms with Crippen LogP contribution in [-0.4, -0.2) is 10.9 Å². The Bertz CT molecular complexity index is 839. The third kappa shape index (κ3) is 2.64. The lowest BCUT2D eigenvalue weighted by Gasteiger charge is -2.08. The first-order valence-corrected chi connectivity index (χ1v) is 7.28. The van der Waals surface area contributed by atoms with Crippen molar-refractivity contribution >= 4 is 44.1 Å². The number of carbonyl (C=O) groups is 1. The van der Waals surface area contributed by atoms with E-state index in [0.29, 0.717) is 11.3 Å². The first-order valence-electron chi connectivity index (χ1n) is 6.49. The number of rotatable bonds is 2. The van der Waals surface area contributed by atoms with Crippen LogP contribution < -0.4 is 11.1 Å². The van der Waals surface area contributed by atoms with Gasteiger partial charge in [-0.15, -0.1) is 0 Å². The monoisotopic (exact) mass is 343 g/mol. The highest BCUT2D eigenvalue weighted by Crippen LogP contribution is 2.24. The summed E-state index contributed by atoms with van der Waals surface area (Å²) < 4.78 is 0.923. The fourth-order valence-corrected chi connectivity index (χ4v) is 2.61. The van der Waals surface area contributed by atoms with E-state index in [4.69, 9.17) is 5.73 Å². The Balaban J connectivity index is 1.97. The van der Waals surface area contributed by atoms with Gasteiger partial charge in [-0.3, -0.25) is 4.79 Å². The Hall–Kier alpha value is -2.27. The number of halogens is 1. The summed E-state index contributed by atoms with van der Waals surface area (Å²) >= 11 is 3.41. The van der Waals surface area contributed by atoms with Crippen LogP contribution in [-0.2, 0) is 0 Å². The van der Waals surface area contributed by atoms with Gasteiger partial charge in [0.2, 0.25) is 0 Å². The standard InChI is InChI=1S/C16H14BrN3O/c1-9-2-3-10(17)6-15(9)20-16(21)13-8-19-14-5-4-11(18)7-12(13)14/h2-8,19H,18H2,1H3,(H,20,21). The molecule has 0 aliphatic heterocycles. The Labute approximate surface area is 130 Å². The molecule has 0 aliphatic rings. The van der Waals surface area contributed by atoms with Gasteiger partial charge in [0.1, 0.15) is 0 Å². The molecule has 0 spiro atoms. The maximum absolute atomic E-state index is 12.5. The number of amides is 1. The summed E-state index contributed by atoms with van der Waals surface area (Å²) in [6.45, 7) is 1.95. The first-order chi connectivity index (χ1) is 10.0. The molecule has 4 N–H and O–H groups in total. The summed E-state index contributed by atoms with van der Waals surface area (Å²) in [5, 5.41) is 3.75. The van der Waals surface area contributed by atoms with Gasteiger partial charge in [-0.05, 0) is 42.8 Å². The number of aryl methyl sites for hydroxylation is 1. The molecule has 1 heterocycles. The summed E-state index contributed by atoms with van der Waals surface area (Å²) in [7, 11) is 0. The second-order valence-electron chi connectivity index (χ2n) is 4.92. The molecule has 0 atom stereocenters. The number of anilines is 2. The lowest BCUT2D eigenvalue weighted by Crippen LogP contribution is -2.12. The molecule has 3 rings (SSSR count). The molecule has 0 saturated heterocycles. The number of aromatic nitrogens is 1. The van der Waals surface area contributed by atoms with Crippen molar-refractivity contribution in [2.45, 2.75) is 6.92 Å². The summed E-state index contributed by atoms with van der Waals surface area (Å²) in [6, 6.07) is 11.3. The lowest BCUT2D eigenvalue weighted by atomic mass is 10.1. The van der Waals surface area contributed by atoms with Crippen LogP contribution in [0.15, 0.2) is 47.1 Å². The number of aromatic amines is 1. The molecule has 0 radical (unpaired) electrons. The zero-order valence-corrected chi connectivity index (χ0v) is 13.0. The predicted octanol–water partition coefficient (Wildman–Crippen LogP) is 4.07. The summed E-state index contributed by atoms with van der Waals surface area (Å²) in [5.41, 5.74) is 9.69. The molecular weight excluding hydrogens is 330 g/mol. The molecular formula is C16H14BrN3O. The highest BCUT2D eigenvalue weighted by atomic mass is 79.9. The van der Waals surface area contributed by atoms with E-state index in [-0.39, 0.29) is 5.91 Å². The van der Waals surface area contributed by atoms with E-state index in [0.717, 1.165) is 26.6 Å². The van der Waals surface area contributed by atoms with Crippen LogP contribution in [0.2, 0.25) is 0 Å². The quantitative estimate of drug-likeness (QED) is 0.613. The molecule has 1 aromatic heterocycles. The summed E-state index contributed by atoms with van der Waals surface area (Å²) in [6.07, 6.45) is 1.70. The molecule has 0 fully saturated rings. The fourth-order valence-electron chi connectivity index (χ4n) is 2.24. The Morgan fingerprint density at radius 1 is 1.24 bits per heavy atom. The van der Waals surface area contributed by atoms with E-state index in [1.54, 1.807) is 18.3 Å². The number of fused-ring (bicyclic) bond motifs is 1. The molecule has 1 amide bonds. The van der Waals surface area contributed by atoms with Crippen LogP contribution in [0, 0.1) is 6.92 Å². The Kier molecular flexibility index (Phi) is 3.43. The van der Waals surface area contributed by atoms with E-state index in [1.165, 1.54) is 0 Å². The third-order valence-corrected chi connectivity index (χ3v) is 3.89. The third-order valence-electron chi connectivity index (χ3n) is 3.40. The predicted molar refractivity (Wildman–Crippen MR) is 89.5 cm³/mol. The van der Waals surface area contributed by atoms with Crippen molar-refractivity contribution in [1.82, 2.24) is 4.98 Å². The molecule has 3 aromatic rings. The summed E-state index contributed by atoms with van der Waals surface area (Å²) in [5.74, 6) is -0.159. The minimum Gasteiger partial charge on any atom is -0.399 e. The maximum atomic E-state index is 12.5. The van der Waals surface area contributed by atoms with E-state index in [1.807, 2.05) is 31.2 Å². The van der Waals surface area contributed by atoms with Gasteiger partial charge >= 0.3 is 0 Å². The number of hydrogen-bond acceptors (Lipinski definition) is 2. The fraction of sp³-hybridized carbons (Fsp3) is 0.0625. The van der Waals surface area contributed by atoms with Crippen molar-refractivity contribution in [1.29, 1.82) is 0 Å². The van der Waals surface area contributed by atoms with E-state index >= 15 is 0 Å². The SMILES string of the molecule is Cc1ccc(Br)cc1NC(=O)c1c[nH]c2ccc(N)cc12. The van der Waals surface area contributed by atoms with Gasteiger partial charge in [0.25, 0.3) is 5.91 Å². The highest BCUT2D eigenvalue weighted by Gasteiger charge is 2.13. The van der Waals surface area contributed by atoms with Gasteiger partial charge < -0.3 is 16.0 Å². The van der Waals surface area contributed by atoms with Gasteiger partial charge in [0.05, 0.1) is 5.56 Å². The number of H-pyrrole nitrogens is 1. The number of nitrogen functional groups attached to an aromatic ring is 1. The maximum Gasteiger partial charge on any atom is 0.257 e. The second kappa shape index (κ2) is 5.26. The van der Waals surface area contributed by atoms with E-state index < -0.39 is 0 Å². The number of benzene rings is 2. The zero-order chi connectivity index (χ0) is 15.0. The molecule has 5 heteroatoms. The van der Waals surface area contributed by atoms with Gasteiger partial charge in [-0.2, -0.15) is 0 Å². The van der Waals surface area contributed by atoms with Crippen molar-refractivity contribution in [2.24, 2.45) is 0 Å². The van der Waals surface area contributed by atoms with Crippen molar-refractivity contribution in [2.75, 3.05) is 11.1 Å². The van der Waals surface area contributed by atoms with Crippen LogP contribution in [0.5, 0.6) is 0 Å². The molecule has 4 nitrogen and oxygen atoms in total. The number of nitrogens with two attached hydrogens (primary N) is 1. The number of carbonyl (C=O) groups excluding carboxylic acids is 1. The lowest BCUT2D eigenvalue weighted by molar-refractivity contribution is 0.102. The minimum atomic E-state index is -0.159. The Morgan fingerprint density at radius 2 is 2.05 bits per heavy atom. The van der Waals surface area contributed by atoms with E-state index in [2.05, 4.69) is 26.2 Å². The van der Waals surface area contributed by atoms with Crippen LogP contribution in [0.3, 0.4) is 0 Å². The number of hydrogen-bond donors (Lipinski definition) is 3. The largest absolute Gasteiger partial charge is 0.399 e. The molecule has 0 aliphatic carbocycles. The molecule has 21 heavy (non-hydrogen) atoms. The molecule has 0 unspecified atom stereocenters.